The van der Waals surface area contributed by atoms with Crippen LogP contribution in [0.1, 0.15) is 18.4 Å². The van der Waals surface area contributed by atoms with E-state index in [4.69, 9.17) is 4.74 Å². The van der Waals surface area contributed by atoms with Crippen LogP contribution in [0.3, 0.4) is 0 Å². The Morgan fingerprint density at radius 3 is 2.95 bits per heavy atom. The number of urea groups is 1. The second kappa shape index (κ2) is 4.57. The molecule has 0 bridgehead atoms. The van der Waals surface area contributed by atoms with Gasteiger partial charge in [-0.25, -0.2) is 4.79 Å². The van der Waals surface area contributed by atoms with Crippen molar-refractivity contribution in [2.24, 2.45) is 0 Å². The molecule has 100 valence electrons. The maximum absolute atomic E-state index is 12.2. The van der Waals surface area contributed by atoms with Crippen molar-refractivity contribution in [3.05, 3.63) is 29.8 Å². The molecule has 0 N–H and O–H groups in total. The number of imide groups is 1. The van der Waals surface area contributed by atoms with Crippen molar-refractivity contribution in [2.45, 2.75) is 25.4 Å². The highest BCUT2D eigenvalue weighted by molar-refractivity contribution is 6.04. The molecule has 0 spiro atoms. The number of hydrogen-bond donors (Lipinski definition) is 0. The first-order valence-corrected chi connectivity index (χ1v) is 6.45. The van der Waals surface area contributed by atoms with Gasteiger partial charge in [0.2, 0.25) is 0 Å². The lowest BCUT2D eigenvalue weighted by Gasteiger charge is -2.15. The molecule has 0 radical (unpaired) electrons. The quantitative estimate of drug-likeness (QED) is 0.776. The summed E-state index contributed by atoms with van der Waals surface area (Å²) >= 11 is 0. The average Bonchev–Trinajstić information content (AvgIpc) is 2.99. The Bertz CT molecular complexity index is 507. The van der Waals surface area contributed by atoms with Crippen LogP contribution in [0.25, 0.3) is 0 Å². The van der Waals surface area contributed by atoms with E-state index in [1.54, 1.807) is 12.0 Å². The van der Waals surface area contributed by atoms with Crippen LogP contribution in [0.15, 0.2) is 24.3 Å². The van der Waals surface area contributed by atoms with Crippen LogP contribution in [-0.2, 0) is 11.3 Å². The second-order valence-corrected chi connectivity index (χ2v) is 4.91. The molecule has 3 rings (SSSR count). The number of carbonyl (C=O) groups excluding carboxylic acids is 2. The molecule has 2 aliphatic rings. The van der Waals surface area contributed by atoms with Gasteiger partial charge in [-0.2, -0.15) is 0 Å². The summed E-state index contributed by atoms with van der Waals surface area (Å²) in [7, 11) is 1.60. The smallest absolute Gasteiger partial charge is 0.327 e. The number of amides is 3. The van der Waals surface area contributed by atoms with Crippen molar-refractivity contribution < 1.29 is 14.3 Å². The van der Waals surface area contributed by atoms with E-state index < -0.39 is 0 Å². The molecular formula is C14H16N2O3. The largest absolute Gasteiger partial charge is 0.497 e. The van der Waals surface area contributed by atoms with Crippen LogP contribution < -0.4 is 4.74 Å². The third-order valence-corrected chi connectivity index (χ3v) is 3.76. The number of rotatable bonds is 3. The molecule has 5 nitrogen and oxygen atoms in total. The SMILES string of the molecule is COc1cccc(CN2C(=O)C3CCCN3C2=O)c1. The van der Waals surface area contributed by atoms with Crippen molar-refractivity contribution in [1.82, 2.24) is 9.80 Å². The van der Waals surface area contributed by atoms with E-state index in [9.17, 15) is 9.59 Å². The Labute approximate surface area is 111 Å². The molecule has 5 heteroatoms. The molecule has 0 aliphatic carbocycles. The van der Waals surface area contributed by atoms with Crippen LogP contribution in [0, 0.1) is 0 Å². The van der Waals surface area contributed by atoms with Gasteiger partial charge in [0, 0.05) is 6.54 Å². The molecule has 2 saturated heterocycles. The van der Waals surface area contributed by atoms with Gasteiger partial charge in [0.15, 0.2) is 0 Å². The summed E-state index contributed by atoms with van der Waals surface area (Å²) < 4.78 is 5.15. The minimum absolute atomic E-state index is 0.0645. The number of carbonyl (C=O) groups is 2. The number of fused-ring (bicyclic) bond motifs is 1. The Balaban J connectivity index is 1.79. The summed E-state index contributed by atoms with van der Waals surface area (Å²) in [6.07, 6.45) is 1.72. The minimum atomic E-state index is -0.224. The lowest BCUT2D eigenvalue weighted by Crippen LogP contribution is -2.32. The van der Waals surface area contributed by atoms with Crippen LogP contribution >= 0.6 is 0 Å². The van der Waals surface area contributed by atoms with Gasteiger partial charge >= 0.3 is 6.03 Å². The predicted molar refractivity (Wildman–Crippen MR) is 68.7 cm³/mol. The number of methoxy groups -OCH3 is 1. The molecule has 1 aromatic carbocycles. The molecule has 1 atom stereocenters. The van der Waals surface area contributed by atoms with Crippen molar-refractivity contribution in [1.29, 1.82) is 0 Å². The fourth-order valence-corrected chi connectivity index (χ4v) is 2.78. The zero-order valence-corrected chi connectivity index (χ0v) is 10.8. The van der Waals surface area contributed by atoms with E-state index >= 15 is 0 Å². The molecule has 2 fully saturated rings. The summed E-state index contributed by atoms with van der Waals surface area (Å²) in [6, 6.07) is 7.07. The lowest BCUT2D eigenvalue weighted by molar-refractivity contribution is -0.128. The van der Waals surface area contributed by atoms with Gasteiger partial charge in [0.25, 0.3) is 5.91 Å². The van der Waals surface area contributed by atoms with Crippen molar-refractivity contribution in [3.63, 3.8) is 0 Å². The monoisotopic (exact) mass is 260 g/mol. The molecule has 1 aromatic rings. The van der Waals surface area contributed by atoms with Gasteiger partial charge in [0.1, 0.15) is 11.8 Å². The first-order valence-electron chi connectivity index (χ1n) is 6.45. The van der Waals surface area contributed by atoms with Gasteiger partial charge in [-0.3, -0.25) is 9.69 Å². The number of ether oxygens (including phenoxy) is 1. The van der Waals surface area contributed by atoms with Crippen molar-refractivity contribution >= 4 is 11.9 Å². The minimum Gasteiger partial charge on any atom is -0.497 e. The van der Waals surface area contributed by atoms with E-state index in [1.807, 2.05) is 24.3 Å². The number of nitrogens with zero attached hydrogens (tertiary/aromatic N) is 2. The van der Waals surface area contributed by atoms with E-state index in [0.29, 0.717) is 13.1 Å². The second-order valence-electron chi connectivity index (χ2n) is 4.91. The topological polar surface area (TPSA) is 49.9 Å². The van der Waals surface area contributed by atoms with E-state index in [2.05, 4.69) is 0 Å². The predicted octanol–water partition coefficient (Wildman–Crippen LogP) is 1.62. The van der Waals surface area contributed by atoms with Crippen molar-refractivity contribution in [2.75, 3.05) is 13.7 Å². The first-order chi connectivity index (χ1) is 9.20. The third kappa shape index (κ3) is 1.95. The molecule has 3 amide bonds. The highest BCUT2D eigenvalue weighted by atomic mass is 16.5. The molecule has 0 saturated carbocycles. The van der Waals surface area contributed by atoms with Gasteiger partial charge in [-0.1, -0.05) is 12.1 Å². The van der Waals surface area contributed by atoms with Gasteiger partial charge in [0.05, 0.1) is 13.7 Å². The number of hydrogen-bond acceptors (Lipinski definition) is 3. The van der Waals surface area contributed by atoms with Gasteiger partial charge in [-0.15, -0.1) is 0 Å². The third-order valence-electron chi connectivity index (χ3n) is 3.76. The summed E-state index contributed by atoms with van der Waals surface area (Å²) in [6.45, 7) is 1.02. The lowest BCUT2D eigenvalue weighted by atomic mass is 10.2. The highest BCUT2D eigenvalue weighted by Gasteiger charge is 2.47. The van der Waals surface area contributed by atoms with Gasteiger partial charge < -0.3 is 9.64 Å². The van der Waals surface area contributed by atoms with Gasteiger partial charge in [-0.05, 0) is 30.5 Å². The fourth-order valence-electron chi connectivity index (χ4n) is 2.78. The van der Waals surface area contributed by atoms with Crippen LogP contribution in [0.2, 0.25) is 0 Å². The van der Waals surface area contributed by atoms with Crippen molar-refractivity contribution in [3.8, 4) is 5.75 Å². The molecular weight excluding hydrogens is 244 g/mol. The Morgan fingerprint density at radius 2 is 2.21 bits per heavy atom. The Hall–Kier alpha value is -2.04. The van der Waals surface area contributed by atoms with Crippen LogP contribution in [-0.4, -0.2) is 41.4 Å². The first kappa shape index (κ1) is 12.0. The van der Waals surface area contributed by atoms with Crippen LogP contribution in [0.5, 0.6) is 5.75 Å². The highest BCUT2D eigenvalue weighted by Crippen LogP contribution is 2.28. The normalized spacial score (nSPS) is 22.1. The van der Waals surface area contributed by atoms with E-state index in [-0.39, 0.29) is 18.0 Å². The summed E-state index contributed by atoms with van der Waals surface area (Å²) in [5.74, 6) is 0.669. The average molecular weight is 260 g/mol. The molecule has 2 aliphatic heterocycles. The maximum Gasteiger partial charge on any atom is 0.327 e. The summed E-state index contributed by atoms with van der Waals surface area (Å²) in [4.78, 5) is 27.4. The standard InChI is InChI=1S/C14H16N2O3/c1-19-11-5-2-4-10(8-11)9-16-13(17)12-6-3-7-15(12)14(16)18/h2,4-5,8,12H,3,6-7,9H2,1H3. The molecule has 1 unspecified atom stereocenters. The molecule has 2 heterocycles. The molecule has 0 aromatic heterocycles. The van der Waals surface area contributed by atoms with Crippen LogP contribution in [0.4, 0.5) is 4.79 Å². The van der Waals surface area contributed by atoms with E-state index in [1.165, 1.54) is 4.90 Å². The maximum atomic E-state index is 12.2. The molecule has 19 heavy (non-hydrogen) atoms. The zero-order valence-electron chi connectivity index (χ0n) is 10.8. The number of benzene rings is 1. The zero-order chi connectivity index (χ0) is 13.4. The summed E-state index contributed by atoms with van der Waals surface area (Å²) in [5, 5.41) is 0. The summed E-state index contributed by atoms with van der Waals surface area (Å²) in [5.41, 5.74) is 0.905. The Morgan fingerprint density at radius 1 is 1.37 bits per heavy atom. The fraction of sp³-hybridized carbons (Fsp3) is 0.429. The Kier molecular flexibility index (Phi) is 2.89. The van der Waals surface area contributed by atoms with E-state index in [0.717, 1.165) is 24.2 Å².